The molecule has 0 aromatic carbocycles. The third kappa shape index (κ3) is 3.15. The van der Waals surface area contributed by atoms with Crippen LogP contribution < -0.4 is 5.32 Å². The molecule has 0 saturated heterocycles. The maximum Gasteiger partial charge on any atom is 0.261 e. The van der Waals surface area contributed by atoms with Gasteiger partial charge in [-0.25, -0.2) is 0 Å². The lowest BCUT2D eigenvalue weighted by molar-refractivity contribution is 0.0949. The van der Waals surface area contributed by atoms with Gasteiger partial charge >= 0.3 is 0 Å². The number of hydrogen-bond donors (Lipinski definition) is 1. The van der Waals surface area contributed by atoms with E-state index < -0.39 is 0 Å². The lowest BCUT2D eigenvalue weighted by atomic mass is 9.98. The number of hydrogen-bond acceptors (Lipinski definition) is 2. The van der Waals surface area contributed by atoms with Gasteiger partial charge in [0.15, 0.2) is 0 Å². The second-order valence-corrected chi connectivity index (χ2v) is 7.07. The Labute approximate surface area is 121 Å². The summed E-state index contributed by atoms with van der Waals surface area (Å²) in [6, 6.07) is 1.99. The fourth-order valence-corrected chi connectivity index (χ4v) is 4.38. The Morgan fingerprint density at radius 2 is 2.17 bits per heavy atom. The Kier molecular flexibility index (Phi) is 4.84. The van der Waals surface area contributed by atoms with Crippen molar-refractivity contribution >= 4 is 33.2 Å². The molecule has 2 unspecified atom stereocenters. The van der Waals surface area contributed by atoms with Gasteiger partial charge in [0.1, 0.15) is 0 Å². The van der Waals surface area contributed by atoms with Gasteiger partial charge in [0.05, 0.1) is 4.88 Å². The Hall–Kier alpha value is -0.350. The molecule has 0 spiro atoms. The fourth-order valence-electron chi connectivity index (χ4n) is 2.58. The molecule has 18 heavy (non-hydrogen) atoms. The normalized spacial score (nSPS) is 23.3. The third-order valence-corrected chi connectivity index (χ3v) is 5.91. The largest absolute Gasteiger partial charge is 0.351 e. The lowest BCUT2D eigenvalue weighted by Gasteiger charge is -2.17. The minimum Gasteiger partial charge on any atom is -0.351 e. The number of thiophene rings is 1. The Balaban J connectivity index is 1.88. The summed E-state index contributed by atoms with van der Waals surface area (Å²) in [4.78, 5) is 14.1. The van der Waals surface area contributed by atoms with Crippen molar-refractivity contribution in [2.24, 2.45) is 11.8 Å². The zero-order valence-electron chi connectivity index (χ0n) is 11.0. The molecule has 0 bridgehead atoms. The molecule has 1 saturated carbocycles. The molecule has 1 aromatic rings. The van der Waals surface area contributed by atoms with Crippen molar-refractivity contribution in [2.45, 2.75) is 33.1 Å². The van der Waals surface area contributed by atoms with Gasteiger partial charge in [0, 0.05) is 16.8 Å². The monoisotopic (exact) mass is 329 g/mol. The highest BCUT2D eigenvalue weighted by Gasteiger charge is 2.26. The molecule has 2 rings (SSSR count). The Bertz CT molecular complexity index is 410. The quantitative estimate of drug-likeness (QED) is 0.834. The molecule has 1 heterocycles. The van der Waals surface area contributed by atoms with Crippen molar-refractivity contribution in [1.29, 1.82) is 0 Å². The Morgan fingerprint density at radius 3 is 2.78 bits per heavy atom. The smallest absolute Gasteiger partial charge is 0.261 e. The van der Waals surface area contributed by atoms with Crippen LogP contribution in [0.3, 0.4) is 0 Å². The van der Waals surface area contributed by atoms with E-state index in [4.69, 9.17) is 0 Å². The molecule has 1 aliphatic rings. The van der Waals surface area contributed by atoms with Gasteiger partial charge in [-0.3, -0.25) is 4.79 Å². The zero-order chi connectivity index (χ0) is 13.1. The first-order chi connectivity index (χ1) is 8.61. The van der Waals surface area contributed by atoms with Gasteiger partial charge in [-0.1, -0.05) is 22.4 Å². The number of carbonyl (C=O) groups is 1. The van der Waals surface area contributed by atoms with Crippen LogP contribution in [0.15, 0.2) is 6.07 Å². The number of halogens is 1. The number of nitrogens with one attached hydrogen (secondary N) is 1. The van der Waals surface area contributed by atoms with Crippen LogP contribution in [0.2, 0.25) is 0 Å². The van der Waals surface area contributed by atoms with Gasteiger partial charge in [0.25, 0.3) is 5.91 Å². The highest BCUT2D eigenvalue weighted by molar-refractivity contribution is 9.09. The Morgan fingerprint density at radius 1 is 1.44 bits per heavy atom. The van der Waals surface area contributed by atoms with Crippen molar-refractivity contribution in [3.05, 3.63) is 21.4 Å². The minimum absolute atomic E-state index is 0.0939. The molecule has 1 amide bonds. The maximum atomic E-state index is 12.0. The summed E-state index contributed by atoms with van der Waals surface area (Å²) in [5.74, 6) is 1.48. The van der Waals surface area contributed by atoms with Crippen molar-refractivity contribution < 1.29 is 4.79 Å². The van der Waals surface area contributed by atoms with E-state index in [-0.39, 0.29) is 5.91 Å². The molecule has 2 atom stereocenters. The van der Waals surface area contributed by atoms with Gasteiger partial charge in [0.2, 0.25) is 0 Å². The van der Waals surface area contributed by atoms with Crippen LogP contribution in [-0.4, -0.2) is 17.8 Å². The van der Waals surface area contributed by atoms with Gasteiger partial charge < -0.3 is 5.32 Å². The molecule has 0 radical (unpaired) electrons. The number of amides is 1. The molecule has 1 fully saturated rings. The molecule has 100 valence electrons. The van der Waals surface area contributed by atoms with Crippen LogP contribution in [0.1, 0.15) is 39.4 Å². The van der Waals surface area contributed by atoms with Gasteiger partial charge in [-0.15, -0.1) is 11.3 Å². The predicted octanol–water partition coefficient (Wildman–Crippen LogP) is 3.91. The summed E-state index contributed by atoms with van der Waals surface area (Å²) in [5, 5.41) is 4.16. The van der Waals surface area contributed by atoms with E-state index in [0.29, 0.717) is 5.92 Å². The average molecular weight is 330 g/mol. The number of aryl methyl sites for hydroxylation is 2. The van der Waals surface area contributed by atoms with Crippen LogP contribution in [0.25, 0.3) is 0 Å². The molecule has 1 aliphatic carbocycles. The summed E-state index contributed by atoms with van der Waals surface area (Å²) in [5.41, 5.74) is 1.21. The molecular formula is C14H20BrNOS. The highest BCUT2D eigenvalue weighted by atomic mass is 79.9. The predicted molar refractivity (Wildman–Crippen MR) is 80.8 cm³/mol. The van der Waals surface area contributed by atoms with Crippen LogP contribution >= 0.6 is 27.3 Å². The van der Waals surface area contributed by atoms with Gasteiger partial charge in [-0.2, -0.15) is 0 Å². The van der Waals surface area contributed by atoms with E-state index in [9.17, 15) is 4.79 Å². The molecule has 1 aromatic heterocycles. The van der Waals surface area contributed by atoms with E-state index in [2.05, 4.69) is 35.1 Å². The lowest BCUT2D eigenvalue weighted by Crippen LogP contribution is -2.30. The van der Waals surface area contributed by atoms with Crippen molar-refractivity contribution in [3.8, 4) is 0 Å². The third-order valence-electron chi connectivity index (χ3n) is 3.93. The highest BCUT2D eigenvalue weighted by Crippen LogP contribution is 2.32. The summed E-state index contributed by atoms with van der Waals surface area (Å²) >= 11 is 5.16. The minimum atomic E-state index is 0.0939. The first-order valence-electron chi connectivity index (χ1n) is 6.53. The number of carbonyl (C=O) groups excluding carboxylic acids is 1. The van der Waals surface area contributed by atoms with Crippen molar-refractivity contribution in [3.63, 3.8) is 0 Å². The molecule has 4 heteroatoms. The average Bonchev–Trinajstić information content (AvgIpc) is 2.93. The van der Waals surface area contributed by atoms with Crippen LogP contribution in [0.5, 0.6) is 0 Å². The summed E-state index contributed by atoms with van der Waals surface area (Å²) < 4.78 is 0. The van der Waals surface area contributed by atoms with E-state index in [1.165, 1.54) is 29.7 Å². The standard InChI is InChI=1S/C14H20BrNOS/c1-9-6-13(18-10(9)2)14(17)16-8-12-5-3-4-11(12)7-15/h6,11-12H,3-5,7-8H2,1-2H3,(H,16,17). The van der Waals surface area contributed by atoms with E-state index >= 15 is 0 Å². The van der Waals surface area contributed by atoms with E-state index in [1.807, 2.05) is 6.07 Å². The molecular weight excluding hydrogens is 310 g/mol. The number of rotatable bonds is 4. The summed E-state index contributed by atoms with van der Waals surface area (Å²) in [6.45, 7) is 4.94. The van der Waals surface area contributed by atoms with Crippen molar-refractivity contribution in [2.75, 3.05) is 11.9 Å². The molecule has 0 aliphatic heterocycles. The van der Waals surface area contributed by atoms with E-state index in [0.717, 1.165) is 22.7 Å². The van der Waals surface area contributed by atoms with Gasteiger partial charge in [-0.05, 0) is 50.2 Å². The second-order valence-electron chi connectivity index (χ2n) is 5.17. The van der Waals surface area contributed by atoms with E-state index in [1.54, 1.807) is 11.3 Å². The first-order valence-corrected chi connectivity index (χ1v) is 8.46. The SMILES string of the molecule is Cc1cc(C(=O)NCC2CCCC2CBr)sc1C. The molecule has 2 nitrogen and oxygen atoms in total. The topological polar surface area (TPSA) is 29.1 Å². The second kappa shape index (κ2) is 6.20. The molecule has 1 N–H and O–H groups in total. The van der Waals surface area contributed by atoms with Crippen LogP contribution in [0, 0.1) is 25.7 Å². The first kappa shape index (κ1) is 14.1. The fraction of sp³-hybridized carbons (Fsp3) is 0.643. The van der Waals surface area contributed by atoms with Crippen molar-refractivity contribution in [1.82, 2.24) is 5.32 Å². The maximum absolute atomic E-state index is 12.0. The van der Waals surface area contributed by atoms with Crippen LogP contribution in [0.4, 0.5) is 0 Å². The summed E-state index contributed by atoms with van der Waals surface area (Å²) in [6.07, 6.45) is 3.84. The zero-order valence-corrected chi connectivity index (χ0v) is 13.4. The number of alkyl halides is 1. The van der Waals surface area contributed by atoms with Crippen LogP contribution in [-0.2, 0) is 0 Å². The summed E-state index contributed by atoms with van der Waals surface area (Å²) in [7, 11) is 0.